The fourth-order valence-corrected chi connectivity index (χ4v) is 3.48. The molecule has 0 unspecified atom stereocenters. The molecule has 7 heteroatoms. The molecule has 26 heavy (non-hydrogen) atoms. The van der Waals surface area contributed by atoms with Crippen LogP contribution in [-0.4, -0.2) is 34.2 Å². The number of hydrogen-bond acceptors (Lipinski definition) is 7. The molecule has 0 aliphatic heterocycles. The first kappa shape index (κ1) is 18.0. The number of ether oxygens (including phenoxy) is 2. The van der Waals surface area contributed by atoms with Crippen LogP contribution in [0, 0.1) is 6.92 Å². The Balaban J connectivity index is 0.000000948. The van der Waals surface area contributed by atoms with E-state index < -0.39 is 0 Å². The van der Waals surface area contributed by atoms with E-state index >= 15 is 0 Å². The van der Waals surface area contributed by atoms with E-state index in [0.29, 0.717) is 11.8 Å². The molecule has 4 aromatic rings. The van der Waals surface area contributed by atoms with Crippen molar-refractivity contribution in [2.75, 3.05) is 14.2 Å². The van der Waals surface area contributed by atoms with Crippen molar-refractivity contribution in [3.8, 4) is 22.3 Å². The molecular weight excluding hydrogens is 348 g/mol. The highest BCUT2D eigenvalue weighted by molar-refractivity contribution is 7.21. The van der Waals surface area contributed by atoms with Crippen LogP contribution in [0.3, 0.4) is 0 Å². The molecule has 134 valence electrons. The molecule has 0 atom stereocenters. The third-order valence-corrected chi connectivity index (χ3v) is 4.65. The number of methoxy groups -OCH3 is 2. The normalized spacial score (nSPS) is 10.5. The summed E-state index contributed by atoms with van der Waals surface area (Å²) in [7, 11) is 3.19. The first-order valence-corrected chi connectivity index (χ1v) is 9.13. The van der Waals surface area contributed by atoms with Crippen LogP contribution in [0.25, 0.3) is 32.0 Å². The summed E-state index contributed by atoms with van der Waals surface area (Å²) >= 11 is 1.51. The van der Waals surface area contributed by atoms with E-state index in [1.54, 1.807) is 20.4 Å². The van der Waals surface area contributed by atoms with Crippen molar-refractivity contribution >= 4 is 32.7 Å². The van der Waals surface area contributed by atoms with Gasteiger partial charge in [0, 0.05) is 11.6 Å². The molecule has 3 aromatic heterocycles. The molecular formula is C19H20N4O2S. The smallest absolute Gasteiger partial charge is 0.232 e. The number of aryl methyl sites for hydroxylation is 1. The predicted molar refractivity (Wildman–Crippen MR) is 105 cm³/mol. The quantitative estimate of drug-likeness (QED) is 0.524. The van der Waals surface area contributed by atoms with Gasteiger partial charge in [-0.25, -0.2) is 19.9 Å². The molecule has 0 amide bonds. The zero-order valence-corrected chi connectivity index (χ0v) is 16.2. The van der Waals surface area contributed by atoms with Gasteiger partial charge in [0.1, 0.15) is 15.4 Å². The van der Waals surface area contributed by atoms with E-state index in [4.69, 9.17) is 14.5 Å². The Bertz CT molecular complexity index is 1060. The summed E-state index contributed by atoms with van der Waals surface area (Å²) in [5, 5.41) is 0.860. The Morgan fingerprint density at radius 1 is 0.885 bits per heavy atom. The minimum atomic E-state index is 0.495. The summed E-state index contributed by atoms with van der Waals surface area (Å²) in [4.78, 5) is 19.0. The van der Waals surface area contributed by atoms with Crippen molar-refractivity contribution in [2.24, 2.45) is 0 Å². The van der Waals surface area contributed by atoms with Gasteiger partial charge < -0.3 is 9.47 Å². The van der Waals surface area contributed by atoms with Gasteiger partial charge in [-0.3, -0.25) is 0 Å². The molecule has 0 fully saturated rings. The molecule has 3 heterocycles. The maximum absolute atomic E-state index is 5.18. The number of benzene rings is 1. The molecule has 0 aliphatic carbocycles. The highest BCUT2D eigenvalue weighted by atomic mass is 32.1. The van der Waals surface area contributed by atoms with E-state index in [-0.39, 0.29) is 0 Å². The van der Waals surface area contributed by atoms with Crippen LogP contribution in [0.2, 0.25) is 0 Å². The van der Waals surface area contributed by atoms with Crippen molar-refractivity contribution < 1.29 is 9.47 Å². The van der Waals surface area contributed by atoms with E-state index in [0.717, 1.165) is 37.5 Å². The lowest BCUT2D eigenvalue weighted by Gasteiger charge is -2.06. The van der Waals surface area contributed by atoms with Crippen LogP contribution in [0.4, 0.5) is 0 Å². The van der Waals surface area contributed by atoms with Gasteiger partial charge in [0.05, 0.1) is 31.4 Å². The maximum Gasteiger partial charge on any atom is 0.232 e. The average molecular weight is 368 g/mol. The van der Waals surface area contributed by atoms with Gasteiger partial charge in [-0.1, -0.05) is 25.2 Å². The van der Waals surface area contributed by atoms with Crippen LogP contribution < -0.4 is 9.47 Å². The predicted octanol–water partition coefficient (Wildman–Crippen LogP) is 4.65. The lowest BCUT2D eigenvalue weighted by Crippen LogP contribution is -1.93. The number of aromatic nitrogens is 4. The van der Waals surface area contributed by atoms with E-state index in [1.807, 2.05) is 39.0 Å². The largest absolute Gasteiger partial charge is 0.481 e. The van der Waals surface area contributed by atoms with Gasteiger partial charge >= 0.3 is 0 Å². The highest BCUT2D eigenvalue weighted by Crippen LogP contribution is 2.34. The molecule has 0 spiro atoms. The third-order valence-electron chi connectivity index (χ3n) is 3.65. The third kappa shape index (κ3) is 3.30. The number of rotatable bonds is 3. The number of pyridine rings is 1. The average Bonchev–Trinajstić information content (AvgIpc) is 3.11. The molecule has 0 saturated carbocycles. The topological polar surface area (TPSA) is 70.0 Å². The summed E-state index contributed by atoms with van der Waals surface area (Å²) in [6, 6.07) is 7.78. The minimum absolute atomic E-state index is 0.495. The molecule has 0 aliphatic rings. The number of nitrogens with zero attached hydrogens (tertiary/aromatic N) is 4. The molecule has 6 nitrogen and oxygen atoms in total. The van der Waals surface area contributed by atoms with E-state index in [1.165, 1.54) is 11.3 Å². The van der Waals surface area contributed by atoms with Crippen molar-refractivity contribution in [3.05, 3.63) is 36.0 Å². The second-order valence-corrected chi connectivity index (χ2v) is 6.27. The van der Waals surface area contributed by atoms with Crippen molar-refractivity contribution in [1.82, 2.24) is 19.9 Å². The van der Waals surface area contributed by atoms with Crippen LogP contribution >= 0.6 is 11.3 Å². The van der Waals surface area contributed by atoms with Gasteiger partial charge in [0.15, 0.2) is 0 Å². The number of thiazole rings is 1. The Kier molecular flexibility index (Phi) is 5.27. The monoisotopic (exact) mass is 368 g/mol. The summed E-state index contributed by atoms with van der Waals surface area (Å²) in [5.74, 6) is 1.08. The summed E-state index contributed by atoms with van der Waals surface area (Å²) in [6.45, 7) is 6.03. The SMILES string of the molecule is CC.COc1cnc2c(-c3nc4ccc(OC)nc4s3)cc(C)cc2n1. The number of hydrogen-bond donors (Lipinski definition) is 0. The van der Waals surface area contributed by atoms with Crippen molar-refractivity contribution in [1.29, 1.82) is 0 Å². The van der Waals surface area contributed by atoms with Crippen molar-refractivity contribution in [3.63, 3.8) is 0 Å². The highest BCUT2D eigenvalue weighted by Gasteiger charge is 2.14. The number of fused-ring (bicyclic) bond motifs is 2. The van der Waals surface area contributed by atoms with Gasteiger partial charge in [0.25, 0.3) is 0 Å². The second-order valence-electron chi connectivity index (χ2n) is 5.29. The van der Waals surface area contributed by atoms with Crippen LogP contribution in [-0.2, 0) is 0 Å². The molecule has 0 N–H and O–H groups in total. The van der Waals surface area contributed by atoms with Crippen LogP contribution in [0.15, 0.2) is 30.5 Å². The van der Waals surface area contributed by atoms with Gasteiger partial charge in [-0.2, -0.15) is 0 Å². The zero-order chi connectivity index (χ0) is 18.7. The Morgan fingerprint density at radius 2 is 1.65 bits per heavy atom. The summed E-state index contributed by atoms with van der Waals surface area (Å²) < 4.78 is 10.4. The minimum Gasteiger partial charge on any atom is -0.481 e. The van der Waals surface area contributed by atoms with E-state index in [9.17, 15) is 0 Å². The lowest BCUT2D eigenvalue weighted by atomic mass is 10.1. The molecule has 0 saturated heterocycles. The first-order valence-electron chi connectivity index (χ1n) is 8.31. The van der Waals surface area contributed by atoms with Crippen LogP contribution in [0.5, 0.6) is 11.8 Å². The fourth-order valence-electron chi connectivity index (χ4n) is 2.54. The standard InChI is InChI=1S/C17H14N4O2S.C2H6/c1-9-6-10(15-12(7-9)19-14(23-3)8-18-15)16-20-11-4-5-13(22-2)21-17(11)24-16;1-2/h4-8H,1-3H3;1-2H3. The van der Waals surface area contributed by atoms with Crippen LogP contribution in [0.1, 0.15) is 19.4 Å². The van der Waals surface area contributed by atoms with Gasteiger partial charge in [0.2, 0.25) is 11.8 Å². The molecule has 4 rings (SSSR count). The fraction of sp³-hybridized carbons (Fsp3) is 0.263. The maximum atomic E-state index is 5.18. The van der Waals surface area contributed by atoms with Gasteiger partial charge in [-0.15, -0.1) is 0 Å². The lowest BCUT2D eigenvalue weighted by molar-refractivity contribution is 0.397. The first-order chi connectivity index (χ1) is 12.7. The Morgan fingerprint density at radius 3 is 2.38 bits per heavy atom. The molecule has 1 aromatic carbocycles. The van der Waals surface area contributed by atoms with Gasteiger partial charge in [-0.05, 0) is 30.7 Å². The summed E-state index contributed by atoms with van der Waals surface area (Å²) in [6.07, 6.45) is 1.62. The Hall–Kier alpha value is -2.80. The Labute approximate surface area is 155 Å². The zero-order valence-electron chi connectivity index (χ0n) is 15.4. The van der Waals surface area contributed by atoms with Crippen molar-refractivity contribution in [2.45, 2.75) is 20.8 Å². The summed E-state index contributed by atoms with van der Waals surface area (Å²) in [5.41, 5.74) is 4.46. The second kappa shape index (κ2) is 7.61. The molecule has 0 bridgehead atoms. The van der Waals surface area contributed by atoms with E-state index in [2.05, 4.69) is 21.0 Å². The molecule has 0 radical (unpaired) electrons.